The molecule has 7 nitrogen and oxygen atoms in total. The van der Waals surface area contributed by atoms with Crippen LogP contribution in [0.15, 0.2) is 21.6 Å². The SMILES string of the molecule is CCOC(C)(C)CNS(=O)(=O)c1cc(Br)cnc1NN. The lowest BCUT2D eigenvalue weighted by Gasteiger charge is -2.25. The van der Waals surface area contributed by atoms with Crippen LogP contribution in [0.2, 0.25) is 0 Å². The van der Waals surface area contributed by atoms with Crippen molar-refractivity contribution in [2.24, 2.45) is 5.84 Å². The molecule has 0 aliphatic rings. The number of pyridine rings is 1. The van der Waals surface area contributed by atoms with Crippen molar-refractivity contribution >= 4 is 31.8 Å². The van der Waals surface area contributed by atoms with E-state index in [4.69, 9.17) is 10.6 Å². The lowest BCUT2D eigenvalue weighted by Crippen LogP contribution is -2.40. The molecule has 9 heteroatoms. The van der Waals surface area contributed by atoms with Gasteiger partial charge in [-0.25, -0.2) is 24.0 Å². The molecule has 0 spiro atoms. The summed E-state index contributed by atoms with van der Waals surface area (Å²) in [6.45, 7) is 6.11. The quantitative estimate of drug-likeness (QED) is 0.494. The minimum absolute atomic E-state index is 0.0262. The van der Waals surface area contributed by atoms with E-state index < -0.39 is 15.6 Å². The fraction of sp³-hybridized carbons (Fsp3) is 0.545. The van der Waals surface area contributed by atoms with Crippen LogP contribution in [0.25, 0.3) is 0 Å². The number of hydrogen-bond acceptors (Lipinski definition) is 6. The maximum absolute atomic E-state index is 12.3. The van der Waals surface area contributed by atoms with Gasteiger partial charge in [0.2, 0.25) is 10.0 Å². The molecule has 0 fully saturated rings. The minimum Gasteiger partial charge on any atom is -0.375 e. The molecular weight excluding hydrogens is 348 g/mol. The summed E-state index contributed by atoms with van der Waals surface area (Å²) in [7, 11) is -3.74. The van der Waals surface area contributed by atoms with Crippen LogP contribution in [0, 0.1) is 0 Å². The van der Waals surface area contributed by atoms with Crippen LogP contribution in [0.1, 0.15) is 20.8 Å². The van der Waals surface area contributed by atoms with Gasteiger partial charge in [0, 0.05) is 23.8 Å². The van der Waals surface area contributed by atoms with E-state index in [0.717, 1.165) is 0 Å². The molecule has 0 radical (unpaired) electrons. The summed E-state index contributed by atoms with van der Waals surface area (Å²) in [4.78, 5) is 3.88. The molecule has 0 aliphatic heterocycles. The Labute approximate surface area is 127 Å². The number of rotatable bonds is 7. The highest BCUT2D eigenvalue weighted by Gasteiger charge is 2.25. The standard InChI is InChI=1S/C11H19BrN4O3S/c1-4-19-11(2,3)7-15-20(17,18)9-5-8(12)6-14-10(9)16-13/h5-6,15H,4,7,13H2,1-3H3,(H,14,16). The van der Waals surface area contributed by atoms with Crippen LogP contribution in [-0.4, -0.2) is 32.2 Å². The number of nitrogens with zero attached hydrogens (tertiary/aromatic N) is 1. The monoisotopic (exact) mass is 366 g/mol. The van der Waals surface area contributed by atoms with Crippen molar-refractivity contribution in [3.05, 3.63) is 16.7 Å². The van der Waals surface area contributed by atoms with Gasteiger partial charge in [0.05, 0.1) is 5.60 Å². The lowest BCUT2D eigenvalue weighted by molar-refractivity contribution is -0.00515. The van der Waals surface area contributed by atoms with Crippen LogP contribution >= 0.6 is 15.9 Å². The first kappa shape index (κ1) is 17.3. The number of sulfonamides is 1. The number of aromatic nitrogens is 1. The third-order valence-electron chi connectivity index (χ3n) is 2.47. The molecule has 0 aromatic carbocycles. The second kappa shape index (κ2) is 6.81. The van der Waals surface area contributed by atoms with Crippen molar-refractivity contribution < 1.29 is 13.2 Å². The third-order valence-corrected chi connectivity index (χ3v) is 4.32. The summed E-state index contributed by atoms with van der Waals surface area (Å²) >= 11 is 3.19. The molecule has 20 heavy (non-hydrogen) atoms. The Balaban J connectivity index is 2.97. The third kappa shape index (κ3) is 4.67. The summed E-state index contributed by atoms with van der Waals surface area (Å²) in [5.74, 6) is 5.36. The van der Waals surface area contributed by atoms with Crippen LogP contribution in [0.3, 0.4) is 0 Å². The molecule has 1 rings (SSSR count). The smallest absolute Gasteiger partial charge is 0.244 e. The first-order chi connectivity index (χ1) is 9.22. The highest BCUT2D eigenvalue weighted by Crippen LogP contribution is 2.22. The Morgan fingerprint density at radius 1 is 1.50 bits per heavy atom. The Hall–Kier alpha value is -0.740. The van der Waals surface area contributed by atoms with E-state index in [1.165, 1.54) is 12.3 Å². The molecule has 0 amide bonds. The number of halogens is 1. The predicted molar refractivity (Wildman–Crippen MR) is 80.6 cm³/mol. The van der Waals surface area contributed by atoms with Crippen molar-refractivity contribution in [2.75, 3.05) is 18.6 Å². The number of hydrogen-bond donors (Lipinski definition) is 3. The second-order valence-electron chi connectivity index (χ2n) is 4.66. The molecule has 0 bridgehead atoms. The molecular formula is C11H19BrN4O3S. The van der Waals surface area contributed by atoms with E-state index in [9.17, 15) is 8.42 Å². The summed E-state index contributed by atoms with van der Waals surface area (Å²) in [5.41, 5.74) is 1.67. The maximum Gasteiger partial charge on any atom is 0.244 e. The zero-order valence-electron chi connectivity index (χ0n) is 11.6. The van der Waals surface area contributed by atoms with Crippen LogP contribution in [0.5, 0.6) is 0 Å². The van der Waals surface area contributed by atoms with Gasteiger partial charge in [-0.3, -0.25) is 0 Å². The summed E-state index contributed by atoms with van der Waals surface area (Å²) in [6, 6.07) is 1.43. The lowest BCUT2D eigenvalue weighted by atomic mass is 10.1. The molecule has 114 valence electrons. The average Bonchev–Trinajstić information content (AvgIpc) is 2.37. The van der Waals surface area contributed by atoms with Gasteiger partial charge in [-0.1, -0.05) is 0 Å². The van der Waals surface area contributed by atoms with E-state index >= 15 is 0 Å². The van der Waals surface area contributed by atoms with Gasteiger partial charge in [0.15, 0.2) is 5.82 Å². The van der Waals surface area contributed by atoms with Crippen molar-refractivity contribution in [1.82, 2.24) is 9.71 Å². The van der Waals surface area contributed by atoms with Crippen molar-refractivity contribution in [2.45, 2.75) is 31.3 Å². The topological polar surface area (TPSA) is 106 Å². The summed E-state index contributed by atoms with van der Waals surface area (Å²) in [6.07, 6.45) is 1.46. The molecule has 1 heterocycles. The first-order valence-electron chi connectivity index (χ1n) is 5.97. The van der Waals surface area contributed by atoms with E-state index in [2.05, 4.69) is 31.1 Å². The number of anilines is 1. The number of hydrazine groups is 1. The van der Waals surface area contributed by atoms with Gasteiger partial charge in [-0.05, 0) is 42.8 Å². The largest absolute Gasteiger partial charge is 0.375 e. The van der Waals surface area contributed by atoms with Crippen LogP contribution in [0.4, 0.5) is 5.82 Å². The van der Waals surface area contributed by atoms with Gasteiger partial charge in [-0.15, -0.1) is 0 Å². The molecule has 0 unspecified atom stereocenters. The zero-order chi connectivity index (χ0) is 15.4. The predicted octanol–water partition coefficient (Wildman–Crippen LogP) is 1.22. The summed E-state index contributed by atoms with van der Waals surface area (Å²) < 4.78 is 33.1. The Morgan fingerprint density at radius 2 is 2.15 bits per heavy atom. The first-order valence-corrected chi connectivity index (χ1v) is 8.25. The van der Waals surface area contributed by atoms with Crippen LogP contribution in [-0.2, 0) is 14.8 Å². The van der Waals surface area contributed by atoms with E-state index in [1.54, 1.807) is 13.8 Å². The summed E-state index contributed by atoms with van der Waals surface area (Å²) in [5, 5.41) is 0. The zero-order valence-corrected chi connectivity index (χ0v) is 14.0. The van der Waals surface area contributed by atoms with Crippen molar-refractivity contribution in [3.63, 3.8) is 0 Å². The number of nitrogens with two attached hydrogens (primary N) is 1. The highest BCUT2D eigenvalue weighted by molar-refractivity contribution is 9.10. The fourth-order valence-electron chi connectivity index (χ4n) is 1.52. The van der Waals surface area contributed by atoms with Crippen molar-refractivity contribution in [3.8, 4) is 0 Å². The molecule has 0 saturated heterocycles. The normalized spacial score (nSPS) is 12.4. The van der Waals surface area contributed by atoms with Gasteiger partial charge in [0.1, 0.15) is 4.90 Å². The van der Waals surface area contributed by atoms with E-state index in [0.29, 0.717) is 11.1 Å². The number of ether oxygens (including phenoxy) is 1. The number of nitrogen functional groups attached to an aromatic ring is 1. The van der Waals surface area contributed by atoms with E-state index in [-0.39, 0.29) is 17.3 Å². The van der Waals surface area contributed by atoms with Gasteiger partial charge >= 0.3 is 0 Å². The van der Waals surface area contributed by atoms with E-state index in [1.807, 2.05) is 6.92 Å². The fourth-order valence-corrected chi connectivity index (χ4v) is 3.35. The number of nitrogens with one attached hydrogen (secondary N) is 2. The Bertz CT molecular complexity index is 563. The molecule has 4 N–H and O–H groups in total. The van der Waals surface area contributed by atoms with Crippen LogP contribution < -0.4 is 16.0 Å². The minimum atomic E-state index is -3.74. The molecule has 1 aromatic rings. The van der Waals surface area contributed by atoms with Gasteiger partial charge in [-0.2, -0.15) is 0 Å². The second-order valence-corrected chi connectivity index (χ2v) is 7.31. The molecule has 0 atom stereocenters. The molecule has 0 aliphatic carbocycles. The highest BCUT2D eigenvalue weighted by atomic mass is 79.9. The van der Waals surface area contributed by atoms with Crippen molar-refractivity contribution in [1.29, 1.82) is 0 Å². The van der Waals surface area contributed by atoms with Gasteiger partial charge < -0.3 is 10.2 Å². The van der Waals surface area contributed by atoms with Gasteiger partial charge in [0.25, 0.3) is 0 Å². The molecule has 0 saturated carbocycles. The maximum atomic E-state index is 12.3. The Kier molecular flexibility index (Phi) is 5.90. The molecule has 1 aromatic heterocycles. The average molecular weight is 367 g/mol. The Morgan fingerprint density at radius 3 is 2.70 bits per heavy atom.